The van der Waals surface area contributed by atoms with Gasteiger partial charge >= 0.3 is 0 Å². The Hall–Kier alpha value is -6.34. The molecule has 0 radical (unpaired) electrons. The molecular formula is C48H50N6O. The highest BCUT2D eigenvalue weighted by atomic mass is 16.5. The largest absolute Gasteiger partial charge is 0.492 e. The first kappa shape index (κ1) is 37.0. The lowest BCUT2D eigenvalue weighted by molar-refractivity contribution is 0.261. The van der Waals surface area contributed by atoms with Crippen LogP contribution in [-0.4, -0.2) is 43.2 Å². The molecule has 7 aromatic rings. The van der Waals surface area contributed by atoms with Gasteiger partial charge in [-0.25, -0.2) is 5.01 Å². The maximum absolute atomic E-state index is 6.71. The SMILES string of the molecule is CCN(CC)c1ccc(/C=N/N(c2ccccc2)c2ccccc2)c(OCC(C)CN(/N=C/c2ccc3c(c2)c2ccccc2n3CC)c2ccccc2)c1. The fourth-order valence-corrected chi connectivity index (χ4v) is 7.11. The first-order valence-corrected chi connectivity index (χ1v) is 19.4. The Bertz CT molecular complexity index is 2310. The number of ether oxygens (including phenoxy) is 1. The van der Waals surface area contributed by atoms with Crippen LogP contribution in [0.5, 0.6) is 5.75 Å². The predicted octanol–water partition coefficient (Wildman–Crippen LogP) is 11.4. The zero-order chi connectivity index (χ0) is 38.0. The minimum atomic E-state index is 0.148. The highest BCUT2D eigenvalue weighted by molar-refractivity contribution is 6.09. The summed E-state index contributed by atoms with van der Waals surface area (Å²) in [6, 6.07) is 52.5. The fraction of sp³-hybridized carbons (Fsp3) is 0.208. The van der Waals surface area contributed by atoms with Crippen molar-refractivity contribution in [3.05, 3.63) is 163 Å². The van der Waals surface area contributed by atoms with Gasteiger partial charge in [0.05, 0.1) is 36.1 Å². The molecule has 7 rings (SSSR count). The quantitative estimate of drug-likeness (QED) is 0.0735. The third-order valence-corrected chi connectivity index (χ3v) is 9.96. The number of anilines is 4. The first-order valence-electron chi connectivity index (χ1n) is 19.4. The van der Waals surface area contributed by atoms with E-state index in [1.165, 1.54) is 21.8 Å². The third-order valence-electron chi connectivity index (χ3n) is 9.96. The number of fused-ring (bicyclic) bond motifs is 3. The van der Waals surface area contributed by atoms with Crippen molar-refractivity contribution in [3.63, 3.8) is 0 Å². The van der Waals surface area contributed by atoms with Gasteiger partial charge in [0, 0.05) is 71.2 Å². The molecule has 278 valence electrons. The second-order valence-corrected chi connectivity index (χ2v) is 13.7. The molecule has 0 bridgehead atoms. The molecule has 0 fully saturated rings. The van der Waals surface area contributed by atoms with Crippen LogP contribution in [0.15, 0.2) is 162 Å². The molecule has 0 N–H and O–H groups in total. The zero-order valence-electron chi connectivity index (χ0n) is 32.3. The highest BCUT2D eigenvalue weighted by Crippen LogP contribution is 2.31. The van der Waals surface area contributed by atoms with Gasteiger partial charge in [-0.15, -0.1) is 0 Å². The number of hydrazone groups is 2. The molecular weight excluding hydrogens is 677 g/mol. The molecule has 0 aliphatic heterocycles. The van der Waals surface area contributed by atoms with Crippen molar-refractivity contribution >= 4 is 57.0 Å². The molecule has 1 aromatic heterocycles. The van der Waals surface area contributed by atoms with Crippen molar-refractivity contribution in [2.24, 2.45) is 16.1 Å². The predicted molar refractivity (Wildman–Crippen MR) is 234 cm³/mol. The molecule has 1 unspecified atom stereocenters. The average Bonchev–Trinajstić information content (AvgIpc) is 3.56. The van der Waals surface area contributed by atoms with Gasteiger partial charge in [0.1, 0.15) is 5.75 Å². The van der Waals surface area contributed by atoms with E-state index in [0.717, 1.165) is 59.3 Å². The molecule has 0 amide bonds. The molecule has 6 aromatic carbocycles. The maximum Gasteiger partial charge on any atom is 0.130 e. The smallest absolute Gasteiger partial charge is 0.130 e. The number of para-hydroxylation sites is 4. The number of nitrogens with zero attached hydrogens (tertiary/aromatic N) is 6. The summed E-state index contributed by atoms with van der Waals surface area (Å²) in [6.45, 7) is 12.7. The van der Waals surface area contributed by atoms with Crippen LogP contribution >= 0.6 is 0 Å². The summed E-state index contributed by atoms with van der Waals surface area (Å²) in [5, 5.41) is 16.6. The molecule has 0 saturated heterocycles. The first-order chi connectivity index (χ1) is 27.1. The molecule has 0 aliphatic carbocycles. The normalized spacial score (nSPS) is 12.1. The summed E-state index contributed by atoms with van der Waals surface area (Å²) >= 11 is 0. The van der Waals surface area contributed by atoms with E-state index in [1.54, 1.807) is 0 Å². The van der Waals surface area contributed by atoms with Crippen molar-refractivity contribution in [2.75, 3.05) is 41.2 Å². The van der Waals surface area contributed by atoms with E-state index in [2.05, 4.69) is 151 Å². The Labute approximate surface area is 325 Å². The monoisotopic (exact) mass is 726 g/mol. The molecule has 1 atom stereocenters. The number of rotatable bonds is 16. The maximum atomic E-state index is 6.71. The lowest BCUT2D eigenvalue weighted by Crippen LogP contribution is -2.27. The van der Waals surface area contributed by atoms with Crippen LogP contribution in [0, 0.1) is 5.92 Å². The van der Waals surface area contributed by atoms with Gasteiger partial charge in [0.2, 0.25) is 0 Å². The molecule has 7 nitrogen and oxygen atoms in total. The summed E-state index contributed by atoms with van der Waals surface area (Å²) in [5.74, 6) is 0.949. The van der Waals surface area contributed by atoms with Crippen molar-refractivity contribution in [3.8, 4) is 5.75 Å². The van der Waals surface area contributed by atoms with E-state index in [9.17, 15) is 0 Å². The lowest BCUT2D eigenvalue weighted by Gasteiger charge is -2.25. The van der Waals surface area contributed by atoms with Crippen LogP contribution in [0.1, 0.15) is 38.8 Å². The molecule has 7 heteroatoms. The van der Waals surface area contributed by atoms with E-state index in [-0.39, 0.29) is 5.92 Å². The van der Waals surface area contributed by atoms with Crippen LogP contribution in [0.25, 0.3) is 21.8 Å². The summed E-state index contributed by atoms with van der Waals surface area (Å²) in [4.78, 5) is 2.33. The minimum Gasteiger partial charge on any atom is -0.492 e. The van der Waals surface area contributed by atoms with E-state index in [1.807, 2.05) is 59.9 Å². The Morgan fingerprint density at radius 3 is 1.87 bits per heavy atom. The van der Waals surface area contributed by atoms with Crippen molar-refractivity contribution in [1.82, 2.24) is 4.57 Å². The zero-order valence-corrected chi connectivity index (χ0v) is 32.3. The minimum absolute atomic E-state index is 0.148. The number of benzene rings is 6. The van der Waals surface area contributed by atoms with E-state index >= 15 is 0 Å². The van der Waals surface area contributed by atoms with Gasteiger partial charge < -0.3 is 14.2 Å². The van der Waals surface area contributed by atoms with Crippen molar-refractivity contribution in [1.29, 1.82) is 0 Å². The van der Waals surface area contributed by atoms with Crippen molar-refractivity contribution < 1.29 is 4.74 Å². The number of hydrogen-bond acceptors (Lipinski definition) is 6. The Morgan fingerprint density at radius 1 is 0.600 bits per heavy atom. The highest BCUT2D eigenvalue weighted by Gasteiger charge is 2.15. The van der Waals surface area contributed by atoms with Gasteiger partial charge in [-0.1, -0.05) is 85.8 Å². The van der Waals surface area contributed by atoms with Crippen LogP contribution in [0.4, 0.5) is 22.7 Å². The topological polar surface area (TPSA) is 48.6 Å². The number of aryl methyl sites for hydroxylation is 1. The van der Waals surface area contributed by atoms with Gasteiger partial charge in [-0.3, -0.25) is 5.01 Å². The third kappa shape index (κ3) is 8.57. The number of hydrogen-bond donors (Lipinski definition) is 0. The second-order valence-electron chi connectivity index (χ2n) is 13.7. The summed E-state index contributed by atoms with van der Waals surface area (Å²) in [5.41, 5.74) is 8.61. The molecule has 0 aliphatic rings. The molecule has 1 heterocycles. The lowest BCUT2D eigenvalue weighted by atomic mass is 10.1. The fourth-order valence-electron chi connectivity index (χ4n) is 7.11. The van der Waals surface area contributed by atoms with Crippen LogP contribution in [-0.2, 0) is 6.54 Å². The van der Waals surface area contributed by atoms with Crippen LogP contribution in [0.3, 0.4) is 0 Å². The van der Waals surface area contributed by atoms with E-state index < -0.39 is 0 Å². The van der Waals surface area contributed by atoms with E-state index in [0.29, 0.717) is 13.2 Å². The number of aromatic nitrogens is 1. The molecule has 0 spiro atoms. The summed E-state index contributed by atoms with van der Waals surface area (Å²) < 4.78 is 9.08. The standard InChI is InChI=1S/C48H50N6O/c1-5-51(6-2)43-29-28-39(34-50-54(41-21-13-9-14-22-41)42-23-15-10-16-24-42)48(32-43)55-36-37(4)35-53(40-19-11-8-12-20-40)49-33-38-27-30-47-45(31-38)44-25-17-18-26-46(44)52(47)7-3/h8-34,37H,5-7,35-36H2,1-4H3/b49-33+,50-34+. The Balaban J connectivity index is 1.13. The van der Waals surface area contributed by atoms with Gasteiger partial charge in [-0.2, -0.15) is 10.2 Å². The van der Waals surface area contributed by atoms with Gasteiger partial charge in [-0.05, 0) is 93.1 Å². The van der Waals surface area contributed by atoms with Gasteiger partial charge in [0.25, 0.3) is 0 Å². The Morgan fingerprint density at radius 2 is 1.22 bits per heavy atom. The van der Waals surface area contributed by atoms with Crippen molar-refractivity contribution in [2.45, 2.75) is 34.2 Å². The molecule has 55 heavy (non-hydrogen) atoms. The summed E-state index contributed by atoms with van der Waals surface area (Å²) in [6.07, 6.45) is 3.88. The van der Waals surface area contributed by atoms with Gasteiger partial charge in [0.15, 0.2) is 0 Å². The van der Waals surface area contributed by atoms with Crippen LogP contribution in [0.2, 0.25) is 0 Å². The molecule has 0 saturated carbocycles. The Kier molecular flexibility index (Phi) is 11.9. The summed E-state index contributed by atoms with van der Waals surface area (Å²) in [7, 11) is 0. The second kappa shape index (κ2) is 17.7. The van der Waals surface area contributed by atoms with Crippen LogP contribution < -0.4 is 19.7 Å². The van der Waals surface area contributed by atoms with E-state index in [4.69, 9.17) is 14.9 Å². The average molecular weight is 727 g/mol.